The Morgan fingerprint density at radius 3 is 2.91 bits per heavy atom. The van der Waals surface area contributed by atoms with Crippen molar-refractivity contribution in [1.29, 1.82) is 0 Å². The minimum Gasteiger partial charge on any atom is -0.370 e. The molecule has 3 N–H and O–H groups in total. The van der Waals surface area contributed by atoms with E-state index < -0.39 is 0 Å². The van der Waals surface area contributed by atoms with Gasteiger partial charge in [0.25, 0.3) is 0 Å². The first-order chi connectivity index (χ1) is 5.31. The smallest absolute Gasteiger partial charge is 0.188 e. The number of nitrogens with zero attached hydrogens (tertiary/aromatic N) is 1. The van der Waals surface area contributed by atoms with E-state index in [-0.39, 0.29) is 0 Å². The maximum Gasteiger partial charge on any atom is 0.188 e. The van der Waals surface area contributed by atoms with Gasteiger partial charge in [0.05, 0.1) is 0 Å². The van der Waals surface area contributed by atoms with Gasteiger partial charge < -0.3 is 11.1 Å². The molecule has 0 amide bonds. The molecule has 0 unspecified atom stereocenters. The zero-order valence-corrected chi connectivity index (χ0v) is 6.93. The van der Waals surface area contributed by atoms with Gasteiger partial charge in [0, 0.05) is 20.0 Å². The maximum absolute atomic E-state index is 5.39. The summed E-state index contributed by atoms with van der Waals surface area (Å²) >= 11 is 0. The van der Waals surface area contributed by atoms with Gasteiger partial charge in [0.2, 0.25) is 0 Å². The summed E-state index contributed by atoms with van der Waals surface area (Å²) < 4.78 is 0. The fraction of sp³-hybridized carbons (Fsp3) is 0.625. The molecular formula is C8H15N3. The highest BCUT2D eigenvalue weighted by Gasteiger charge is 1.87. The van der Waals surface area contributed by atoms with E-state index >= 15 is 0 Å². The van der Waals surface area contributed by atoms with Gasteiger partial charge in [-0.1, -0.05) is 0 Å². The minimum atomic E-state index is 0.491. The number of nitrogens with one attached hydrogen (secondary N) is 1. The summed E-state index contributed by atoms with van der Waals surface area (Å²) in [5, 5.41) is 2.95. The van der Waals surface area contributed by atoms with E-state index in [4.69, 9.17) is 12.2 Å². The van der Waals surface area contributed by atoms with Crippen molar-refractivity contribution in [2.75, 3.05) is 13.6 Å². The highest BCUT2D eigenvalue weighted by molar-refractivity contribution is 5.77. The number of nitrogens with two attached hydrogens (primary N) is 1. The summed E-state index contributed by atoms with van der Waals surface area (Å²) in [6, 6.07) is 0. The van der Waals surface area contributed by atoms with Crippen LogP contribution < -0.4 is 11.1 Å². The Hall–Kier alpha value is -1.17. The largest absolute Gasteiger partial charge is 0.370 e. The molecule has 11 heavy (non-hydrogen) atoms. The van der Waals surface area contributed by atoms with Crippen molar-refractivity contribution in [3.05, 3.63) is 0 Å². The Bertz CT molecular complexity index is 155. The van der Waals surface area contributed by atoms with E-state index in [2.05, 4.69) is 16.2 Å². The molecule has 0 radical (unpaired) electrons. The van der Waals surface area contributed by atoms with E-state index in [0.29, 0.717) is 5.96 Å². The van der Waals surface area contributed by atoms with Gasteiger partial charge in [0.15, 0.2) is 5.96 Å². The summed E-state index contributed by atoms with van der Waals surface area (Å²) in [4.78, 5) is 3.75. The molecule has 0 saturated heterocycles. The number of rotatable bonds is 4. The van der Waals surface area contributed by atoms with Crippen molar-refractivity contribution in [3.63, 3.8) is 0 Å². The van der Waals surface area contributed by atoms with Crippen LogP contribution in [0, 0.1) is 12.3 Å². The third-order valence-electron chi connectivity index (χ3n) is 1.29. The van der Waals surface area contributed by atoms with Crippen LogP contribution in [0.15, 0.2) is 4.99 Å². The molecule has 0 spiro atoms. The van der Waals surface area contributed by atoms with Crippen molar-refractivity contribution in [3.8, 4) is 12.3 Å². The summed E-state index contributed by atoms with van der Waals surface area (Å²) in [6.07, 6.45) is 8.00. The molecule has 62 valence electrons. The molecule has 0 aromatic heterocycles. The quantitative estimate of drug-likeness (QED) is 0.264. The van der Waals surface area contributed by atoms with Gasteiger partial charge in [-0.3, -0.25) is 4.99 Å². The topological polar surface area (TPSA) is 50.4 Å². The van der Waals surface area contributed by atoms with Crippen molar-refractivity contribution < 1.29 is 0 Å². The zero-order valence-electron chi connectivity index (χ0n) is 6.93. The van der Waals surface area contributed by atoms with E-state index in [1.165, 1.54) is 0 Å². The van der Waals surface area contributed by atoms with Crippen LogP contribution in [0.3, 0.4) is 0 Å². The lowest BCUT2D eigenvalue weighted by Crippen LogP contribution is -2.31. The third kappa shape index (κ3) is 6.72. The molecule has 0 fully saturated rings. The van der Waals surface area contributed by atoms with Crippen LogP contribution in [0.4, 0.5) is 0 Å². The fourth-order valence-corrected chi connectivity index (χ4v) is 0.648. The normalized spacial score (nSPS) is 10.7. The SMILES string of the molecule is C#CCCCCNC(N)=NC. The van der Waals surface area contributed by atoms with Crippen molar-refractivity contribution in [2.45, 2.75) is 19.3 Å². The summed E-state index contributed by atoms with van der Waals surface area (Å²) in [5.41, 5.74) is 5.39. The first-order valence-electron chi connectivity index (χ1n) is 3.71. The second-order valence-corrected chi connectivity index (χ2v) is 2.20. The third-order valence-corrected chi connectivity index (χ3v) is 1.29. The van der Waals surface area contributed by atoms with E-state index in [9.17, 15) is 0 Å². The molecule has 0 rings (SSSR count). The Kier molecular flexibility index (Phi) is 6.20. The number of unbranched alkanes of at least 4 members (excludes halogenated alkanes) is 2. The predicted octanol–water partition coefficient (Wildman–Crippen LogP) is 0.324. The molecule has 0 atom stereocenters. The van der Waals surface area contributed by atoms with Crippen LogP contribution in [0.25, 0.3) is 0 Å². The average molecular weight is 153 g/mol. The van der Waals surface area contributed by atoms with Crippen molar-refractivity contribution >= 4 is 5.96 Å². The maximum atomic E-state index is 5.39. The van der Waals surface area contributed by atoms with Crippen molar-refractivity contribution in [2.24, 2.45) is 10.7 Å². The average Bonchev–Trinajstić information content (AvgIpc) is 2.04. The number of aliphatic imine (C=N–C) groups is 1. The van der Waals surface area contributed by atoms with Crippen molar-refractivity contribution in [1.82, 2.24) is 5.32 Å². The number of hydrogen-bond donors (Lipinski definition) is 2. The first-order valence-corrected chi connectivity index (χ1v) is 3.71. The van der Waals surface area contributed by atoms with Crippen LogP contribution in [0.5, 0.6) is 0 Å². The zero-order chi connectivity index (χ0) is 8.53. The molecule has 0 aromatic rings. The molecule has 0 aliphatic carbocycles. The Balaban J connectivity index is 3.10. The lowest BCUT2D eigenvalue weighted by Gasteiger charge is -2.02. The lowest BCUT2D eigenvalue weighted by molar-refractivity contribution is 0.723. The van der Waals surface area contributed by atoms with Gasteiger partial charge >= 0.3 is 0 Å². The monoisotopic (exact) mass is 153 g/mol. The van der Waals surface area contributed by atoms with Crippen LogP contribution in [0.1, 0.15) is 19.3 Å². The second-order valence-electron chi connectivity index (χ2n) is 2.20. The molecule has 3 heteroatoms. The van der Waals surface area contributed by atoms with E-state index in [0.717, 1.165) is 25.8 Å². The second kappa shape index (κ2) is 6.94. The van der Waals surface area contributed by atoms with Crippen LogP contribution in [-0.2, 0) is 0 Å². The summed E-state index contributed by atoms with van der Waals surface area (Å²) in [6.45, 7) is 0.852. The number of guanidine groups is 1. The molecule has 0 heterocycles. The molecule has 0 aliphatic rings. The molecular weight excluding hydrogens is 138 g/mol. The molecule has 0 saturated carbocycles. The standard InChI is InChI=1S/C8H15N3/c1-3-4-5-6-7-11-8(9)10-2/h1H,4-7H2,2H3,(H3,9,10,11). The molecule has 0 aliphatic heterocycles. The van der Waals surface area contributed by atoms with Crippen LogP contribution in [-0.4, -0.2) is 19.6 Å². The molecule has 3 nitrogen and oxygen atoms in total. The van der Waals surface area contributed by atoms with Crippen LogP contribution in [0.2, 0.25) is 0 Å². The summed E-state index contributed by atoms with van der Waals surface area (Å²) in [7, 11) is 1.66. The molecule has 0 aromatic carbocycles. The highest BCUT2D eigenvalue weighted by Crippen LogP contribution is 1.90. The fourth-order valence-electron chi connectivity index (χ4n) is 0.648. The van der Waals surface area contributed by atoms with Crippen LogP contribution >= 0.6 is 0 Å². The highest BCUT2D eigenvalue weighted by atomic mass is 15.1. The predicted molar refractivity (Wildman–Crippen MR) is 48.2 cm³/mol. The number of terminal acetylenes is 1. The van der Waals surface area contributed by atoms with E-state index in [1.807, 2.05) is 0 Å². The summed E-state index contributed by atoms with van der Waals surface area (Å²) in [5.74, 6) is 3.07. The van der Waals surface area contributed by atoms with Gasteiger partial charge in [-0.05, 0) is 12.8 Å². The first kappa shape index (κ1) is 9.83. The number of hydrogen-bond acceptors (Lipinski definition) is 1. The Morgan fingerprint density at radius 1 is 1.64 bits per heavy atom. The van der Waals surface area contributed by atoms with Gasteiger partial charge in [0.1, 0.15) is 0 Å². The van der Waals surface area contributed by atoms with E-state index in [1.54, 1.807) is 7.05 Å². The van der Waals surface area contributed by atoms with Gasteiger partial charge in [-0.25, -0.2) is 0 Å². The van der Waals surface area contributed by atoms with Gasteiger partial charge in [-0.2, -0.15) is 0 Å². The Morgan fingerprint density at radius 2 is 2.36 bits per heavy atom. The minimum absolute atomic E-state index is 0.491. The van der Waals surface area contributed by atoms with Gasteiger partial charge in [-0.15, -0.1) is 12.3 Å². The lowest BCUT2D eigenvalue weighted by atomic mass is 10.2. The Labute approximate surface area is 68.1 Å². The molecule has 0 bridgehead atoms.